The molecule has 0 saturated carbocycles. The Kier molecular flexibility index (Phi) is 6.69. The van der Waals surface area contributed by atoms with E-state index in [-0.39, 0.29) is 11.3 Å². The molecule has 4 rings (SSSR count). The highest BCUT2D eigenvalue weighted by molar-refractivity contribution is 7.99. The topological polar surface area (TPSA) is 106 Å². The van der Waals surface area contributed by atoms with Gasteiger partial charge in [0.1, 0.15) is 6.33 Å². The number of hydrogen-bond acceptors (Lipinski definition) is 7. The van der Waals surface area contributed by atoms with Crippen LogP contribution in [0.4, 0.5) is 17.1 Å². The molecule has 2 aromatic carbocycles. The van der Waals surface area contributed by atoms with Crippen LogP contribution in [0.2, 0.25) is 0 Å². The highest BCUT2D eigenvalue weighted by atomic mass is 32.2. The first-order valence-corrected chi connectivity index (χ1v) is 11.3. The Balaban J connectivity index is 1.47. The van der Waals surface area contributed by atoms with Gasteiger partial charge in [-0.15, -0.1) is 10.2 Å². The SMILES string of the molecule is Cn1cnnc1Sc1ccc(C(=O)Nc2ccc(N3CCCCCC3)cc2)cc1[N+](=O)[O-]. The van der Waals surface area contributed by atoms with Crippen LogP contribution >= 0.6 is 11.8 Å². The first-order chi connectivity index (χ1) is 15.5. The molecular weight excluding hydrogens is 428 g/mol. The Labute approximate surface area is 190 Å². The molecule has 10 heteroatoms. The summed E-state index contributed by atoms with van der Waals surface area (Å²) in [7, 11) is 1.76. The van der Waals surface area contributed by atoms with Gasteiger partial charge in [0.2, 0.25) is 0 Å². The fourth-order valence-corrected chi connectivity index (χ4v) is 4.49. The number of rotatable bonds is 6. The maximum absolute atomic E-state index is 12.7. The number of amides is 1. The van der Waals surface area contributed by atoms with E-state index in [9.17, 15) is 14.9 Å². The van der Waals surface area contributed by atoms with E-state index in [0.717, 1.165) is 30.5 Å². The first kappa shape index (κ1) is 21.8. The normalized spacial score (nSPS) is 14.1. The number of anilines is 2. The van der Waals surface area contributed by atoms with Crippen LogP contribution in [0.15, 0.2) is 58.8 Å². The monoisotopic (exact) mass is 452 g/mol. The van der Waals surface area contributed by atoms with Crippen molar-refractivity contribution >= 4 is 34.7 Å². The molecule has 0 unspecified atom stereocenters. The molecule has 1 saturated heterocycles. The van der Waals surface area contributed by atoms with Crippen molar-refractivity contribution in [1.82, 2.24) is 14.8 Å². The average molecular weight is 453 g/mol. The number of hydrogen-bond donors (Lipinski definition) is 1. The molecule has 1 aliphatic heterocycles. The van der Waals surface area contributed by atoms with Crippen LogP contribution in [-0.2, 0) is 7.05 Å². The van der Waals surface area contributed by atoms with Crippen molar-refractivity contribution in [2.75, 3.05) is 23.3 Å². The summed E-state index contributed by atoms with van der Waals surface area (Å²) in [6, 6.07) is 12.2. The van der Waals surface area contributed by atoms with Gasteiger partial charge in [-0.05, 0) is 61.0 Å². The van der Waals surface area contributed by atoms with E-state index < -0.39 is 10.8 Å². The molecule has 1 fully saturated rings. The van der Waals surface area contributed by atoms with E-state index in [4.69, 9.17) is 0 Å². The molecule has 3 aromatic rings. The molecule has 2 heterocycles. The zero-order chi connectivity index (χ0) is 22.5. The minimum Gasteiger partial charge on any atom is -0.372 e. The van der Waals surface area contributed by atoms with E-state index in [0.29, 0.717) is 15.7 Å². The van der Waals surface area contributed by atoms with Crippen LogP contribution in [0, 0.1) is 10.1 Å². The van der Waals surface area contributed by atoms with Gasteiger partial charge in [0, 0.05) is 43.1 Å². The highest BCUT2D eigenvalue weighted by Gasteiger charge is 2.20. The largest absolute Gasteiger partial charge is 0.372 e. The minimum absolute atomic E-state index is 0.151. The van der Waals surface area contributed by atoms with Gasteiger partial charge in [-0.2, -0.15) is 0 Å². The molecule has 0 aliphatic carbocycles. The number of nitrogens with zero attached hydrogens (tertiary/aromatic N) is 5. The number of nitrogens with one attached hydrogen (secondary N) is 1. The van der Waals surface area contributed by atoms with Gasteiger partial charge in [-0.3, -0.25) is 14.9 Å². The lowest BCUT2D eigenvalue weighted by Gasteiger charge is -2.22. The van der Waals surface area contributed by atoms with Crippen LogP contribution in [-0.4, -0.2) is 38.7 Å². The summed E-state index contributed by atoms with van der Waals surface area (Å²) >= 11 is 1.13. The molecule has 0 spiro atoms. The van der Waals surface area contributed by atoms with Crippen LogP contribution in [0.25, 0.3) is 0 Å². The second-order valence-corrected chi connectivity index (χ2v) is 8.68. The number of nitro benzene ring substituents is 1. The lowest BCUT2D eigenvalue weighted by atomic mass is 10.1. The Bertz CT molecular complexity index is 1110. The van der Waals surface area contributed by atoms with E-state index in [2.05, 4.69) is 20.4 Å². The third kappa shape index (κ3) is 5.08. The fraction of sp³-hybridized carbons (Fsp3) is 0.318. The Morgan fingerprint density at radius 3 is 2.44 bits per heavy atom. The third-order valence-corrected chi connectivity index (χ3v) is 6.50. The van der Waals surface area contributed by atoms with Gasteiger partial charge in [-0.1, -0.05) is 12.8 Å². The number of carbonyl (C=O) groups excluding carboxylic acids is 1. The Hall–Kier alpha value is -3.40. The molecule has 0 atom stereocenters. The van der Waals surface area contributed by atoms with E-state index in [1.807, 2.05) is 24.3 Å². The molecule has 32 heavy (non-hydrogen) atoms. The highest BCUT2D eigenvalue weighted by Crippen LogP contribution is 2.34. The minimum atomic E-state index is -0.495. The fourth-order valence-electron chi connectivity index (χ4n) is 3.64. The molecule has 1 aliphatic rings. The lowest BCUT2D eigenvalue weighted by molar-refractivity contribution is -0.387. The average Bonchev–Trinajstić information content (AvgIpc) is 3.02. The zero-order valence-electron chi connectivity index (χ0n) is 17.7. The summed E-state index contributed by atoms with van der Waals surface area (Å²) in [6.07, 6.45) is 6.46. The summed E-state index contributed by atoms with van der Waals surface area (Å²) in [5.41, 5.74) is 1.86. The van der Waals surface area contributed by atoms with Crippen LogP contribution < -0.4 is 10.2 Å². The van der Waals surface area contributed by atoms with Crippen molar-refractivity contribution < 1.29 is 9.72 Å². The maximum atomic E-state index is 12.7. The van der Waals surface area contributed by atoms with Crippen molar-refractivity contribution in [1.29, 1.82) is 0 Å². The molecule has 1 N–H and O–H groups in total. The number of carbonyl (C=O) groups is 1. The Morgan fingerprint density at radius 1 is 1.09 bits per heavy atom. The number of aryl methyl sites for hydroxylation is 1. The smallest absolute Gasteiger partial charge is 0.284 e. The molecule has 0 bridgehead atoms. The second-order valence-electron chi connectivity index (χ2n) is 7.67. The first-order valence-electron chi connectivity index (χ1n) is 10.5. The van der Waals surface area contributed by atoms with Crippen LogP contribution in [0.3, 0.4) is 0 Å². The molecule has 1 amide bonds. The predicted molar refractivity (Wildman–Crippen MR) is 123 cm³/mol. The van der Waals surface area contributed by atoms with E-state index in [1.165, 1.54) is 38.1 Å². The maximum Gasteiger partial charge on any atom is 0.284 e. The van der Waals surface area contributed by atoms with Crippen molar-refractivity contribution in [2.24, 2.45) is 7.05 Å². The summed E-state index contributed by atoms with van der Waals surface area (Å²) in [6.45, 7) is 2.10. The predicted octanol–water partition coefficient (Wildman–Crippen LogP) is 4.51. The van der Waals surface area contributed by atoms with Gasteiger partial charge < -0.3 is 14.8 Å². The Morgan fingerprint density at radius 2 is 1.81 bits per heavy atom. The lowest BCUT2D eigenvalue weighted by Crippen LogP contribution is -2.23. The van der Waals surface area contributed by atoms with Crippen molar-refractivity contribution in [2.45, 2.75) is 35.7 Å². The van der Waals surface area contributed by atoms with Gasteiger partial charge in [0.25, 0.3) is 11.6 Å². The van der Waals surface area contributed by atoms with Gasteiger partial charge >= 0.3 is 0 Å². The summed E-state index contributed by atoms with van der Waals surface area (Å²) in [5, 5.41) is 22.7. The van der Waals surface area contributed by atoms with Crippen molar-refractivity contribution in [3.8, 4) is 0 Å². The number of nitro groups is 1. The second kappa shape index (κ2) is 9.82. The summed E-state index contributed by atoms with van der Waals surface area (Å²) in [4.78, 5) is 26.6. The van der Waals surface area contributed by atoms with Gasteiger partial charge in [0.05, 0.1) is 9.82 Å². The summed E-state index contributed by atoms with van der Waals surface area (Å²) < 4.78 is 1.67. The molecular formula is C22H24N6O3S. The molecule has 166 valence electrons. The van der Waals surface area contributed by atoms with E-state index in [1.54, 1.807) is 23.7 Å². The van der Waals surface area contributed by atoms with Crippen LogP contribution in [0.5, 0.6) is 0 Å². The molecule has 1 aromatic heterocycles. The zero-order valence-corrected chi connectivity index (χ0v) is 18.5. The van der Waals surface area contributed by atoms with Gasteiger partial charge in [-0.25, -0.2) is 0 Å². The third-order valence-electron chi connectivity index (χ3n) is 5.39. The molecule has 9 nitrogen and oxygen atoms in total. The molecule has 0 radical (unpaired) electrons. The number of benzene rings is 2. The van der Waals surface area contributed by atoms with Crippen molar-refractivity contribution in [3.63, 3.8) is 0 Å². The number of aromatic nitrogens is 3. The van der Waals surface area contributed by atoms with E-state index >= 15 is 0 Å². The standard InChI is InChI=1S/C22H24N6O3S/c1-26-15-23-25-22(26)32-20-11-6-16(14-19(20)28(30)31)21(29)24-17-7-9-18(10-8-17)27-12-4-2-3-5-13-27/h6-11,14-15H,2-5,12-13H2,1H3,(H,24,29). The van der Waals surface area contributed by atoms with Gasteiger partial charge in [0.15, 0.2) is 5.16 Å². The van der Waals surface area contributed by atoms with Crippen LogP contribution in [0.1, 0.15) is 36.0 Å². The quantitative estimate of drug-likeness (QED) is 0.433. The summed E-state index contributed by atoms with van der Waals surface area (Å²) in [5.74, 6) is -0.397. The van der Waals surface area contributed by atoms with Crippen molar-refractivity contribution in [3.05, 3.63) is 64.5 Å².